The summed E-state index contributed by atoms with van der Waals surface area (Å²) >= 11 is 0. The summed E-state index contributed by atoms with van der Waals surface area (Å²) in [7, 11) is -3.16. The molecule has 136 valence electrons. The molecule has 0 aromatic rings. The van der Waals surface area contributed by atoms with Crippen LogP contribution in [0.15, 0.2) is 0 Å². The van der Waals surface area contributed by atoms with E-state index in [2.05, 4.69) is 4.72 Å². The fourth-order valence-corrected chi connectivity index (χ4v) is 4.18. The molecule has 2 fully saturated rings. The lowest BCUT2D eigenvalue weighted by atomic mass is 9.84. The molecule has 0 radical (unpaired) electrons. The van der Waals surface area contributed by atoms with Crippen molar-refractivity contribution in [3.63, 3.8) is 0 Å². The van der Waals surface area contributed by atoms with Gasteiger partial charge in [0.15, 0.2) is 0 Å². The highest BCUT2D eigenvalue weighted by atomic mass is 35.5. The van der Waals surface area contributed by atoms with Crippen LogP contribution in [0.2, 0.25) is 0 Å². The molecule has 0 aromatic carbocycles. The maximum Gasteiger partial charge on any atom is 0.225 e. The fourth-order valence-electron chi connectivity index (χ4n) is 3.69. The average molecular weight is 368 g/mol. The normalized spacial score (nSPS) is 29.0. The molecule has 1 aliphatic carbocycles. The van der Waals surface area contributed by atoms with Crippen LogP contribution in [0.1, 0.15) is 51.4 Å². The first-order valence-electron chi connectivity index (χ1n) is 8.37. The van der Waals surface area contributed by atoms with Gasteiger partial charge in [-0.05, 0) is 44.9 Å². The molecule has 2 rings (SSSR count). The van der Waals surface area contributed by atoms with Gasteiger partial charge in [-0.25, -0.2) is 13.1 Å². The van der Waals surface area contributed by atoms with Gasteiger partial charge in [-0.1, -0.05) is 6.42 Å². The second-order valence-electron chi connectivity index (χ2n) is 6.76. The molecular weight excluding hydrogens is 338 g/mol. The van der Waals surface area contributed by atoms with Gasteiger partial charge in [0.1, 0.15) is 0 Å². The van der Waals surface area contributed by atoms with E-state index in [0.29, 0.717) is 13.0 Å². The minimum absolute atomic E-state index is 0. The van der Waals surface area contributed by atoms with E-state index in [0.717, 1.165) is 51.5 Å². The van der Waals surface area contributed by atoms with E-state index >= 15 is 0 Å². The van der Waals surface area contributed by atoms with E-state index < -0.39 is 10.0 Å². The Morgan fingerprint density at radius 1 is 1.22 bits per heavy atom. The number of amides is 1. The Morgan fingerprint density at radius 2 is 1.96 bits per heavy atom. The van der Waals surface area contributed by atoms with Gasteiger partial charge in [0.2, 0.25) is 15.9 Å². The van der Waals surface area contributed by atoms with Gasteiger partial charge in [-0.3, -0.25) is 4.79 Å². The molecule has 6 nitrogen and oxygen atoms in total. The quantitative estimate of drug-likeness (QED) is 0.764. The Labute approximate surface area is 146 Å². The monoisotopic (exact) mass is 367 g/mol. The summed E-state index contributed by atoms with van der Waals surface area (Å²) in [4.78, 5) is 14.8. The molecule has 3 unspecified atom stereocenters. The molecule has 0 spiro atoms. The van der Waals surface area contributed by atoms with Gasteiger partial charge < -0.3 is 10.6 Å². The SMILES string of the molecule is CS(=O)(=O)NCCC1CCCCN1C(=O)C1CCCC(N)C1.Cl. The third-order valence-corrected chi connectivity index (χ3v) is 5.54. The molecule has 1 aliphatic heterocycles. The smallest absolute Gasteiger partial charge is 0.225 e. The minimum Gasteiger partial charge on any atom is -0.339 e. The molecule has 3 atom stereocenters. The number of halogens is 1. The summed E-state index contributed by atoms with van der Waals surface area (Å²) in [5.41, 5.74) is 6.01. The molecule has 0 bridgehead atoms. The number of nitrogens with zero attached hydrogens (tertiary/aromatic N) is 1. The van der Waals surface area contributed by atoms with Crippen molar-refractivity contribution in [3.8, 4) is 0 Å². The summed E-state index contributed by atoms with van der Waals surface area (Å²) in [5.74, 6) is 0.298. The van der Waals surface area contributed by atoms with Crippen LogP contribution in [0.5, 0.6) is 0 Å². The fraction of sp³-hybridized carbons (Fsp3) is 0.933. The molecule has 1 amide bonds. The number of hydrogen-bond acceptors (Lipinski definition) is 4. The highest BCUT2D eigenvalue weighted by molar-refractivity contribution is 7.88. The number of carbonyl (C=O) groups is 1. The molecule has 0 aromatic heterocycles. The Kier molecular flexibility index (Phi) is 8.27. The highest BCUT2D eigenvalue weighted by Crippen LogP contribution is 2.28. The predicted molar refractivity (Wildman–Crippen MR) is 94.0 cm³/mol. The number of rotatable bonds is 5. The molecule has 1 heterocycles. The standard InChI is InChI=1S/C15H29N3O3S.ClH/c1-22(20,21)17-9-8-14-7-2-3-10-18(14)15(19)12-5-4-6-13(16)11-12;/h12-14,17H,2-11,16H2,1H3;1H. The zero-order valence-electron chi connectivity index (χ0n) is 13.9. The number of likely N-dealkylation sites (tertiary alicyclic amines) is 1. The first kappa shape index (κ1) is 20.7. The van der Waals surface area contributed by atoms with Crippen LogP contribution in [0.3, 0.4) is 0 Å². The van der Waals surface area contributed by atoms with Crippen molar-refractivity contribution in [2.45, 2.75) is 63.5 Å². The largest absolute Gasteiger partial charge is 0.339 e. The van der Waals surface area contributed by atoms with Crippen molar-refractivity contribution in [2.24, 2.45) is 11.7 Å². The van der Waals surface area contributed by atoms with E-state index in [-0.39, 0.29) is 36.3 Å². The van der Waals surface area contributed by atoms with Gasteiger partial charge in [-0.2, -0.15) is 0 Å². The summed E-state index contributed by atoms with van der Waals surface area (Å²) in [6.45, 7) is 1.20. The molecule has 1 saturated carbocycles. The van der Waals surface area contributed by atoms with Crippen LogP contribution in [0, 0.1) is 5.92 Å². The third-order valence-electron chi connectivity index (χ3n) is 4.82. The Hall–Kier alpha value is -0.370. The van der Waals surface area contributed by atoms with E-state index in [1.54, 1.807) is 0 Å². The van der Waals surface area contributed by atoms with Crippen molar-refractivity contribution >= 4 is 28.3 Å². The molecule has 8 heteroatoms. The Balaban J connectivity index is 0.00000264. The van der Waals surface area contributed by atoms with Gasteiger partial charge in [0.05, 0.1) is 6.26 Å². The first-order valence-corrected chi connectivity index (χ1v) is 10.3. The summed E-state index contributed by atoms with van der Waals surface area (Å²) in [6, 6.07) is 0.312. The number of sulfonamides is 1. The number of nitrogens with one attached hydrogen (secondary N) is 1. The summed E-state index contributed by atoms with van der Waals surface area (Å²) in [6.07, 6.45) is 8.77. The predicted octanol–water partition coefficient (Wildman–Crippen LogP) is 1.25. The zero-order chi connectivity index (χ0) is 16.2. The van der Waals surface area contributed by atoms with Crippen LogP contribution in [-0.2, 0) is 14.8 Å². The lowest BCUT2D eigenvalue weighted by Crippen LogP contribution is -2.49. The number of carbonyl (C=O) groups excluding carboxylic acids is 1. The van der Waals surface area contributed by atoms with Crippen molar-refractivity contribution in [3.05, 3.63) is 0 Å². The van der Waals surface area contributed by atoms with Crippen LogP contribution < -0.4 is 10.5 Å². The molecular formula is C15H30ClN3O3S. The highest BCUT2D eigenvalue weighted by Gasteiger charge is 2.33. The molecule has 2 aliphatic rings. The lowest BCUT2D eigenvalue weighted by molar-refractivity contribution is -0.140. The average Bonchev–Trinajstić information content (AvgIpc) is 2.46. The third kappa shape index (κ3) is 6.57. The maximum absolute atomic E-state index is 12.8. The second-order valence-corrected chi connectivity index (χ2v) is 8.59. The lowest BCUT2D eigenvalue weighted by Gasteiger charge is -2.39. The van der Waals surface area contributed by atoms with E-state index in [4.69, 9.17) is 5.73 Å². The van der Waals surface area contributed by atoms with Gasteiger partial charge in [-0.15, -0.1) is 12.4 Å². The Bertz CT molecular complexity index is 486. The minimum atomic E-state index is -3.16. The van der Waals surface area contributed by atoms with Crippen molar-refractivity contribution in [2.75, 3.05) is 19.3 Å². The van der Waals surface area contributed by atoms with E-state index in [1.807, 2.05) is 4.90 Å². The summed E-state index contributed by atoms with van der Waals surface area (Å²) in [5, 5.41) is 0. The van der Waals surface area contributed by atoms with Gasteiger partial charge in [0, 0.05) is 31.1 Å². The van der Waals surface area contributed by atoms with Crippen molar-refractivity contribution < 1.29 is 13.2 Å². The van der Waals surface area contributed by atoms with E-state index in [9.17, 15) is 13.2 Å². The first-order chi connectivity index (χ1) is 10.4. The topological polar surface area (TPSA) is 92.5 Å². The van der Waals surface area contributed by atoms with Crippen LogP contribution >= 0.6 is 12.4 Å². The summed E-state index contributed by atoms with van der Waals surface area (Å²) < 4.78 is 24.9. The maximum atomic E-state index is 12.8. The van der Waals surface area contributed by atoms with Crippen LogP contribution in [-0.4, -0.2) is 50.7 Å². The number of piperidine rings is 1. The van der Waals surface area contributed by atoms with Gasteiger partial charge in [0.25, 0.3) is 0 Å². The molecule has 23 heavy (non-hydrogen) atoms. The van der Waals surface area contributed by atoms with E-state index in [1.165, 1.54) is 6.26 Å². The second kappa shape index (κ2) is 9.20. The van der Waals surface area contributed by atoms with Crippen molar-refractivity contribution in [1.82, 2.24) is 9.62 Å². The number of nitrogens with two attached hydrogens (primary N) is 1. The van der Waals surface area contributed by atoms with Crippen molar-refractivity contribution in [1.29, 1.82) is 0 Å². The number of hydrogen-bond donors (Lipinski definition) is 2. The van der Waals surface area contributed by atoms with Crippen LogP contribution in [0.25, 0.3) is 0 Å². The zero-order valence-corrected chi connectivity index (χ0v) is 15.5. The van der Waals surface area contributed by atoms with Crippen LogP contribution in [0.4, 0.5) is 0 Å². The molecule has 1 saturated heterocycles. The van der Waals surface area contributed by atoms with Gasteiger partial charge >= 0.3 is 0 Å². The Morgan fingerprint density at radius 3 is 2.61 bits per heavy atom. The molecule has 3 N–H and O–H groups in total.